The molecule has 2 heterocycles. The first-order chi connectivity index (χ1) is 17.9. The molecule has 0 spiro atoms. The molecule has 198 valence electrons. The predicted octanol–water partition coefficient (Wildman–Crippen LogP) is 5.80. The topological polar surface area (TPSA) is 124 Å². The first-order valence-corrected chi connectivity index (χ1v) is 12.2. The van der Waals surface area contributed by atoms with Gasteiger partial charge in [-0.2, -0.15) is 13.2 Å². The van der Waals surface area contributed by atoms with Crippen molar-refractivity contribution in [2.24, 2.45) is 5.73 Å². The van der Waals surface area contributed by atoms with Gasteiger partial charge in [-0.05, 0) is 48.2 Å². The number of alkyl halides is 3. The third-order valence-corrected chi connectivity index (χ3v) is 7.43. The Labute approximate surface area is 219 Å². The first kappa shape index (κ1) is 26.9. The van der Waals surface area contributed by atoms with E-state index in [0.717, 1.165) is 39.0 Å². The van der Waals surface area contributed by atoms with Gasteiger partial charge < -0.3 is 11.1 Å². The number of hydrogen-bond donors (Lipinski definition) is 2. The summed E-state index contributed by atoms with van der Waals surface area (Å²) in [5, 5.41) is 14.4. The van der Waals surface area contributed by atoms with Gasteiger partial charge in [-0.25, -0.2) is 14.8 Å². The molecule has 1 atom stereocenters. The van der Waals surface area contributed by atoms with Crippen LogP contribution in [0.5, 0.6) is 0 Å². The number of halogens is 3. The zero-order valence-corrected chi connectivity index (χ0v) is 21.3. The molecule has 0 aliphatic carbocycles. The van der Waals surface area contributed by atoms with Gasteiger partial charge in [0.2, 0.25) is 0 Å². The van der Waals surface area contributed by atoms with Gasteiger partial charge in [0.25, 0.3) is 0 Å². The number of nitrogens with one attached hydrogen (secondary N) is 1. The maximum atomic E-state index is 14.0. The van der Waals surface area contributed by atoms with Crippen molar-refractivity contribution in [2.45, 2.75) is 26.1 Å². The summed E-state index contributed by atoms with van der Waals surface area (Å²) in [6.07, 6.45) is -2.09. The van der Waals surface area contributed by atoms with Gasteiger partial charge in [0.05, 0.1) is 18.5 Å². The number of hydrogen-bond acceptors (Lipinski definition) is 6. The lowest BCUT2D eigenvalue weighted by Crippen LogP contribution is -2.47. The third-order valence-electron chi connectivity index (χ3n) is 6.30. The third kappa shape index (κ3) is 5.73. The Hall–Kier alpha value is -4.10. The fourth-order valence-electron chi connectivity index (χ4n) is 4.47. The molecule has 0 bridgehead atoms. The summed E-state index contributed by atoms with van der Waals surface area (Å²) in [5.41, 5.74) is 5.66. The van der Waals surface area contributed by atoms with Crippen LogP contribution in [-0.4, -0.2) is 34.5 Å². The van der Waals surface area contributed by atoms with E-state index in [2.05, 4.69) is 15.3 Å². The SMILES string of the molecule is Cc1sc2ccc(NC(N)=O)cc2c1CC[N+](C)(Cc1ncc([N+](=O)[O-])cn1)c1ccccc1C(F)(F)F. The van der Waals surface area contributed by atoms with Crippen LogP contribution in [0.2, 0.25) is 0 Å². The number of thiophene rings is 1. The van der Waals surface area contributed by atoms with Gasteiger partial charge in [0, 0.05) is 21.7 Å². The summed E-state index contributed by atoms with van der Waals surface area (Å²) in [6.45, 7) is 2.16. The number of urea groups is 1. The second-order valence-corrected chi connectivity index (χ2v) is 10.3. The summed E-state index contributed by atoms with van der Waals surface area (Å²) in [4.78, 5) is 30.8. The predicted molar refractivity (Wildman–Crippen MR) is 140 cm³/mol. The van der Waals surface area contributed by atoms with Crippen molar-refractivity contribution in [2.75, 3.05) is 18.9 Å². The molecule has 38 heavy (non-hydrogen) atoms. The lowest BCUT2D eigenvalue weighted by Gasteiger charge is -2.35. The summed E-state index contributed by atoms with van der Waals surface area (Å²) in [6, 6.07) is 10.0. The van der Waals surface area contributed by atoms with Crippen LogP contribution < -0.4 is 15.5 Å². The van der Waals surface area contributed by atoms with E-state index in [1.54, 1.807) is 36.6 Å². The highest BCUT2D eigenvalue weighted by atomic mass is 32.1. The van der Waals surface area contributed by atoms with Crippen molar-refractivity contribution < 1.29 is 22.9 Å². The van der Waals surface area contributed by atoms with Crippen molar-refractivity contribution >= 4 is 44.5 Å². The average molecular weight is 546 g/mol. The Balaban J connectivity index is 1.75. The minimum Gasteiger partial charge on any atom is -0.351 e. The van der Waals surface area contributed by atoms with E-state index in [-0.39, 0.29) is 34.8 Å². The highest BCUT2D eigenvalue weighted by Gasteiger charge is 2.41. The number of primary amides is 1. The van der Waals surface area contributed by atoms with E-state index in [0.29, 0.717) is 12.1 Å². The molecule has 0 aliphatic heterocycles. The molecule has 4 rings (SSSR count). The second kappa shape index (κ2) is 10.3. The number of fused-ring (bicyclic) bond motifs is 1. The molecule has 13 heteroatoms. The Kier molecular flexibility index (Phi) is 7.33. The van der Waals surface area contributed by atoms with Crippen molar-refractivity contribution in [1.82, 2.24) is 14.5 Å². The molecule has 9 nitrogen and oxygen atoms in total. The first-order valence-electron chi connectivity index (χ1n) is 11.4. The number of nitro groups is 1. The van der Waals surface area contributed by atoms with Crippen LogP contribution in [0.15, 0.2) is 54.9 Å². The van der Waals surface area contributed by atoms with Crippen LogP contribution in [-0.2, 0) is 19.1 Å². The molecule has 2 amide bonds. The fraction of sp³-hybridized carbons (Fsp3) is 0.240. The quantitative estimate of drug-likeness (QED) is 0.165. The van der Waals surface area contributed by atoms with Gasteiger partial charge in [-0.1, -0.05) is 12.1 Å². The smallest absolute Gasteiger partial charge is 0.351 e. The van der Waals surface area contributed by atoms with E-state index in [1.807, 2.05) is 13.0 Å². The number of amides is 2. The number of likely N-dealkylation sites (N-methyl/N-ethyl adjacent to an activating group) is 1. The number of carbonyl (C=O) groups excluding carboxylic acids is 1. The molecule has 4 aromatic rings. The Morgan fingerprint density at radius 3 is 2.50 bits per heavy atom. The van der Waals surface area contributed by atoms with Gasteiger partial charge >= 0.3 is 17.9 Å². The number of rotatable bonds is 8. The summed E-state index contributed by atoms with van der Waals surface area (Å²) >= 11 is 1.55. The Morgan fingerprint density at radius 2 is 1.87 bits per heavy atom. The standard InChI is InChI=1S/C25H23F3N6O3S/c1-15-18(19-11-16(32-24(29)35)7-8-22(19)38-15)9-10-34(2,14-23-30-12-17(13-31-23)33(36)37)21-6-4-3-5-20(21)25(26,27)28/h3-8,11-13H,9-10,14H2,1-2H3,(H2-,29,32,35)/p+1. The Morgan fingerprint density at radius 1 is 1.18 bits per heavy atom. The Bertz CT molecular complexity index is 1510. The fourth-order valence-corrected chi connectivity index (χ4v) is 5.56. The molecular weight excluding hydrogens is 521 g/mol. The van der Waals surface area contributed by atoms with Gasteiger partial charge in [0.15, 0.2) is 5.82 Å². The molecule has 2 aromatic heterocycles. The van der Waals surface area contributed by atoms with Crippen LogP contribution in [0, 0.1) is 17.0 Å². The van der Waals surface area contributed by atoms with Crippen molar-refractivity contribution in [1.29, 1.82) is 0 Å². The number of anilines is 1. The lowest BCUT2D eigenvalue weighted by molar-refractivity contribution is -0.385. The molecular formula is C25H24F3N6O3S+. The van der Waals surface area contributed by atoms with Crippen LogP contribution in [0.3, 0.4) is 0 Å². The molecule has 0 fully saturated rings. The van der Waals surface area contributed by atoms with Crippen molar-refractivity contribution in [3.05, 3.63) is 86.8 Å². The van der Waals surface area contributed by atoms with E-state index in [4.69, 9.17) is 5.73 Å². The highest BCUT2D eigenvalue weighted by molar-refractivity contribution is 7.19. The maximum Gasteiger partial charge on any atom is 0.422 e. The number of aromatic nitrogens is 2. The summed E-state index contributed by atoms with van der Waals surface area (Å²) < 4.78 is 42.9. The molecule has 0 radical (unpaired) electrons. The molecule has 0 saturated carbocycles. The van der Waals surface area contributed by atoms with Crippen molar-refractivity contribution in [3.8, 4) is 0 Å². The van der Waals surface area contributed by atoms with Gasteiger partial charge in [-0.15, -0.1) is 11.3 Å². The molecule has 0 aliphatic rings. The van der Waals surface area contributed by atoms with E-state index < -0.39 is 22.7 Å². The zero-order valence-electron chi connectivity index (χ0n) is 20.5. The normalized spacial score (nSPS) is 13.3. The van der Waals surface area contributed by atoms with Gasteiger partial charge in [-0.3, -0.25) is 14.6 Å². The zero-order chi connectivity index (χ0) is 27.7. The van der Waals surface area contributed by atoms with E-state index in [9.17, 15) is 28.1 Å². The summed E-state index contributed by atoms with van der Waals surface area (Å²) in [7, 11) is 1.67. The number of para-hydroxylation sites is 1. The number of nitrogens with two attached hydrogens (primary N) is 1. The minimum atomic E-state index is -4.59. The molecule has 2 aromatic carbocycles. The molecule has 0 saturated heterocycles. The highest BCUT2D eigenvalue weighted by Crippen LogP contribution is 2.40. The number of aryl methyl sites for hydroxylation is 1. The lowest BCUT2D eigenvalue weighted by atomic mass is 10.0. The molecule has 1 unspecified atom stereocenters. The monoisotopic (exact) mass is 545 g/mol. The van der Waals surface area contributed by atoms with E-state index in [1.165, 1.54) is 12.1 Å². The number of quaternary nitrogens is 1. The minimum absolute atomic E-state index is 0.0271. The van der Waals surface area contributed by atoms with E-state index >= 15 is 0 Å². The van der Waals surface area contributed by atoms with Crippen LogP contribution >= 0.6 is 11.3 Å². The van der Waals surface area contributed by atoms with Crippen LogP contribution in [0.1, 0.15) is 21.8 Å². The second-order valence-electron chi connectivity index (χ2n) is 8.99. The number of nitrogens with zero attached hydrogens (tertiary/aromatic N) is 4. The maximum absolute atomic E-state index is 14.0. The van der Waals surface area contributed by atoms with Crippen molar-refractivity contribution in [3.63, 3.8) is 0 Å². The van der Waals surface area contributed by atoms with Crippen LogP contribution in [0.4, 0.5) is 35.0 Å². The van der Waals surface area contributed by atoms with Gasteiger partial charge in [0.1, 0.15) is 30.2 Å². The average Bonchev–Trinajstić information content (AvgIpc) is 3.16. The molecule has 3 N–H and O–H groups in total. The largest absolute Gasteiger partial charge is 0.422 e. The number of benzene rings is 2. The van der Waals surface area contributed by atoms with Crippen LogP contribution in [0.25, 0.3) is 10.1 Å². The number of carbonyl (C=O) groups is 1. The summed E-state index contributed by atoms with van der Waals surface area (Å²) in [5.74, 6) is 0.176.